The van der Waals surface area contributed by atoms with Crippen molar-refractivity contribution in [3.05, 3.63) is 36.5 Å². The Kier molecular flexibility index (Phi) is 2.91. The lowest BCUT2D eigenvalue weighted by Gasteiger charge is -1.81. The Morgan fingerprint density at radius 1 is 0.667 bits per heavy atom. The lowest BCUT2D eigenvalue weighted by molar-refractivity contribution is 1.05. The van der Waals surface area contributed by atoms with Crippen LogP contribution in [-0.2, 0) is 0 Å². The summed E-state index contributed by atoms with van der Waals surface area (Å²) in [4.78, 5) is 0. The van der Waals surface area contributed by atoms with Crippen molar-refractivity contribution >= 4 is 0 Å². The van der Waals surface area contributed by atoms with E-state index in [9.17, 15) is 0 Å². The molecule has 0 aliphatic heterocycles. The van der Waals surface area contributed by atoms with Crippen LogP contribution >= 0.6 is 0 Å². The fourth-order valence-corrected chi connectivity index (χ4v) is 0.817. The Morgan fingerprint density at radius 3 is 2.44 bits per heavy atom. The Balaban J connectivity index is 2.43. The Morgan fingerprint density at radius 2 is 1.44 bits per heavy atom. The average molecular weight is 120 g/mol. The third-order valence-corrected chi connectivity index (χ3v) is 1.32. The van der Waals surface area contributed by atoms with Crippen molar-refractivity contribution in [2.24, 2.45) is 0 Å². The minimum absolute atomic E-state index is 1.09. The third kappa shape index (κ3) is 2.91. The summed E-state index contributed by atoms with van der Waals surface area (Å²) in [6.07, 6.45) is 16.5. The van der Waals surface area contributed by atoms with Gasteiger partial charge in [0.25, 0.3) is 0 Å². The van der Waals surface area contributed by atoms with Gasteiger partial charge in [-0.05, 0) is 19.3 Å². The molecule has 0 aromatic carbocycles. The third-order valence-electron chi connectivity index (χ3n) is 1.32. The van der Waals surface area contributed by atoms with Gasteiger partial charge < -0.3 is 0 Å². The minimum Gasteiger partial charge on any atom is -0.0879 e. The van der Waals surface area contributed by atoms with Gasteiger partial charge in [-0.15, -0.1) is 0 Å². The number of hydrogen-bond acceptors (Lipinski definition) is 0. The number of rotatable bonds is 0. The summed E-state index contributed by atoms with van der Waals surface area (Å²) in [5.74, 6) is 0. The van der Waals surface area contributed by atoms with Crippen LogP contribution in [-0.4, -0.2) is 0 Å². The van der Waals surface area contributed by atoms with Gasteiger partial charge in [0.1, 0.15) is 0 Å². The smallest absolute Gasteiger partial charge is 0.0166 e. The maximum Gasteiger partial charge on any atom is -0.0166 e. The van der Waals surface area contributed by atoms with E-state index in [0.29, 0.717) is 0 Å². The van der Waals surface area contributed by atoms with E-state index in [1.807, 2.05) is 0 Å². The molecule has 0 aromatic rings. The van der Waals surface area contributed by atoms with E-state index < -0.39 is 0 Å². The largest absolute Gasteiger partial charge is 0.0879 e. The summed E-state index contributed by atoms with van der Waals surface area (Å²) < 4.78 is 0. The lowest BCUT2D eigenvalue weighted by atomic mass is 10.3. The topological polar surface area (TPSA) is 0 Å². The first-order valence-corrected chi connectivity index (χ1v) is 3.47. The van der Waals surface area contributed by atoms with Gasteiger partial charge in [-0.1, -0.05) is 36.5 Å². The van der Waals surface area contributed by atoms with Gasteiger partial charge in [0, 0.05) is 0 Å². The molecule has 0 heteroatoms. The molecule has 0 aromatic heterocycles. The molecule has 0 saturated carbocycles. The highest BCUT2D eigenvalue weighted by molar-refractivity contribution is 5.06. The molecule has 0 unspecified atom stereocenters. The van der Waals surface area contributed by atoms with Gasteiger partial charge in [0.2, 0.25) is 0 Å². The monoisotopic (exact) mass is 120 g/mol. The second-order valence-electron chi connectivity index (χ2n) is 2.14. The zero-order valence-electron chi connectivity index (χ0n) is 5.59. The number of allylic oxidation sites excluding steroid dienone is 6. The molecular formula is C9H12. The summed E-state index contributed by atoms with van der Waals surface area (Å²) in [5.41, 5.74) is 0. The van der Waals surface area contributed by atoms with E-state index in [-0.39, 0.29) is 0 Å². The quantitative estimate of drug-likeness (QED) is 0.431. The molecule has 1 aliphatic rings. The predicted molar refractivity (Wildman–Crippen MR) is 41.3 cm³/mol. The molecule has 0 bridgehead atoms. The zero-order valence-corrected chi connectivity index (χ0v) is 5.59. The van der Waals surface area contributed by atoms with Gasteiger partial charge in [-0.3, -0.25) is 0 Å². The second kappa shape index (κ2) is 4.13. The highest BCUT2D eigenvalue weighted by Crippen LogP contribution is 1.98. The van der Waals surface area contributed by atoms with E-state index in [2.05, 4.69) is 36.5 Å². The molecule has 9 heavy (non-hydrogen) atoms. The molecule has 0 nitrogen and oxygen atoms in total. The van der Waals surface area contributed by atoms with Crippen LogP contribution in [0.4, 0.5) is 0 Å². The van der Waals surface area contributed by atoms with Gasteiger partial charge in [0.15, 0.2) is 0 Å². The Hall–Kier alpha value is -0.780. The van der Waals surface area contributed by atoms with Crippen molar-refractivity contribution < 1.29 is 0 Å². The molecule has 0 spiro atoms. The SMILES string of the molecule is C1=CC/C=C/CCC=C1. The van der Waals surface area contributed by atoms with Crippen LogP contribution in [0.15, 0.2) is 36.5 Å². The standard InChI is InChI=1S/C9H12/c1-2-4-6-8-9-7-5-3-1/h1-4,7,9H,5-6,8H2/b3-1?,4-2?,9-7+. The molecular weight excluding hydrogens is 108 g/mol. The molecule has 0 atom stereocenters. The van der Waals surface area contributed by atoms with E-state index in [1.54, 1.807) is 0 Å². The van der Waals surface area contributed by atoms with Crippen LogP contribution < -0.4 is 0 Å². The minimum atomic E-state index is 1.09. The van der Waals surface area contributed by atoms with E-state index in [0.717, 1.165) is 6.42 Å². The molecule has 1 rings (SSSR count). The zero-order chi connectivity index (χ0) is 6.36. The van der Waals surface area contributed by atoms with Crippen molar-refractivity contribution in [1.29, 1.82) is 0 Å². The molecule has 0 saturated heterocycles. The first-order valence-electron chi connectivity index (χ1n) is 3.47. The fourth-order valence-electron chi connectivity index (χ4n) is 0.817. The summed E-state index contributed by atoms with van der Waals surface area (Å²) in [6.45, 7) is 0. The Bertz CT molecular complexity index is 138. The van der Waals surface area contributed by atoms with Gasteiger partial charge in [-0.2, -0.15) is 0 Å². The van der Waals surface area contributed by atoms with E-state index in [4.69, 9.17) is 0 Å². The fraction of sp³-hybridized carbons (Fsp3) is 0.333. The molecule has 48 valence electrons. The molecule has 0 fully saturated rings. The summed E-state index contributed by atoms with van der Waals surface area (Å²) in [5, 5.41) is 0. The summed E-state index contributed by atoms with van der Waals surface area (Å²) in [7, 11) is 0. The highest BCUT2D eigenvalue weighted by Gasteiger charge is 1.77. The molecule has 0 radical (unpaired) electrons. The molecule has 0 heterocycles. The van der Waals surface area contributed by atoms with Crippen molar-refractivity contribution in [2.45, 2.75) is 19.3 Å². The van der Waals surface area contributed by atoms with Crippen LogP contribution in [0.1, 0.15) is 19.3 Å². The van der Waals surface area contributed by atoms with Crippen LogP contribution in [0, 0.1) is 0 Å². The van der Waals surface area contributed by atoms with Gasteiger partial charge in [-0.25, -0.2) is 0 Å². The second-order valence-corrected chi connectivity index (χ2v) is 2.14. The van der Waals surface area contributed by atoms with Gasteiger partial charge >= 0.3 is 0 Å². The van der Waals surface area contributed by atoms with Crippen LogP contribution in [0.5, 0.6) is 0 Å². The predicted octanol–water partition coefficient (Wildman–Crippen LogP) is 2.84. The average Bonchev–Trinajstić information content (AvgIpc) is 2.00. The first-order chi connectivity index (χ1) is 4.50. The maximum absolute atomic E-state index is 2.24. The van der Waals surface area contributed by atoms with Crippen LogP contribution in [0.3, 0.4) is 0 Å². The number of hydrogen-bond donors (Lipinski definition) is 0. The lowest BCUT2D eigenvalue weighted by Crippen LogP contribution is -1.61. The van der Waals surface area contributed by atoms with Crippen molar-refractivity contribution in [3.8, 4) is 0 Å². The first kappa shape index (κ1) is 6.34. The summed E-state index contributed by atoms with van der Waals surface area (Å²) in [6, 6.07) is 0. The molecule has 1 aliphatic carbocycles. The highest BCUT2D eigenvalue weighted by atomic mass is 13.8. The van der Waals surface area contributed by atoms with Crippen molar-refractivity contribution in [2.75, 3.05) is 0 Å². The Labute approximate surface area is 56.6 Å². The normalized spacial score (nSPS) is 22.2. The molecule has 0 amide bonds. The maximum atomic E-state index is 2.24. The van der Waals surface area contributed by atoms with Gasteiger partial charge in [0.05, 0.1) is 0 Å². The molecule has 0 N–H and O–H groups in total. The van der Waals surface area contributed by atoms with Crippen molar-refractivity contribution in [3.63, 3.8) is 0 Å². The summed E-state index contributed by atoms with van der Waals surface area (Å²) >= 11 is 0. The van der Waals surface area contributed by atoms with E-state index in [1.165, 1.54) is 12.8 Å². The van der Waals surface area contributed by atoms with Crippen LogP contribution in [0.2, 0.25) is 0 Å². The van der Waals surface area contributed by atoms with E-state index >= 15 is 0 Å². The van der Waals surface area contributed by atoms with Crippen LogP contribution in [0.25, 0.3) is 0 Å². The van der Waals surface area contributed by atoms with Crippen molar-refractivity contribution in [1.82, 2.24) is 0 Å².